The highest BCUT2D eigenvalue weighted by Gasteiger charge is 2.37. The third-order valence-corrected chi connectivity index (χ3v) is 7.22. The largest absolute Gasteiger partial charge is 0.326 e. The van der Waals surface area contributed by atoms with Gasteiger partial charge < -0.3 is 5.73 Å². The molecular weight excluding hydrogens is 338 g/mol. The Morgan fingerprint density at radius 3 is 2.76 bits per heavy atom. The lowest BCUT2D eigenvalue weighted by atomic mass is 10.00. The topological polar surface area (TPSA) is 107 Å². The summed E-state index contributed by atoms with van der Waals surface area (Å²) in [7, 11) is -3.81. The minimum Gasteiger partial charge on any atom is -0.326 e. The summed E-state index contributed by atoms with van der Waals surface area (Å²) < 4.78 is 26.5. The average Bonchev–Trinajstić information content (AvgIpc) is 2.81. The van der Waals surface area contributed by atoms with Crippen LogP contribution >= 0.6 is 22.9 Å². The van der Waals surface area contributed by atoms with E-state index in [9.17, 15) is 18.5 Å². The number of hydrogen-bond acceptors (Lipinski definition) is 6. The Hall–Kier alpha value is -0.740. The zero-order chi connectivity index (χ0) is 15.8. The molecule has 2 N–H and O–H groups in total. The number of rotatable bonds is 4. The lowest BCUT2D eigenvalue weighted by Gasteiger charge is -2.36. The fourth-order valence-electron chi connectivity index (χ4n) is 2.46. The van der Waals surface area contributed by atoms with Gasteiger partial charge in [-0.15, -0.1) is 11.3 Å². The monoisotopic (exact) mass is 353 g/mol. The van der Waals surface area contributed by atoms with Gasteiger partial charge >= 0.3 is 0 Å². The summed E-state index contributed by atoms with van der Waals surface area (Å²) in [4.78, 5) is 10.1. The summed E-state index contributed by atoms with van der Waals surface area (Å²) in [5.74, 6) is 0. The second kappa shape index (κ2) is 6.17. The Bertz CT molecular complexity index is 644. The molecule has 0 aliphatic carbocycles. The van der Waals surface area contributed by atoms with E-state index in [2.05, 4.69) is 0 Å². The summed E-state index contributed by atoms with van der Waals surface area (Å²) in [5, 5.41) is 10.8. The predicted molar refractivity (Wildman–Crippen MR) is 81.2 cm³/mol. The van der Waals surface area contributed by atoms with Gasteiger partial charge in [0.05, 0.1) is 4.92 Å². The molecule has 0 amide bonds. The van der Waals surface area contributed by atoms with Crippen molar-refractivity contribution in [3.05, 3.63) is 20.5 Å². The van der Waals surface area contributed by atoms with E-state index in [4.69, 9.17) is 17.3 Å². The molecule has 0 aromatic carbocycles. The van der Waals surface area contributed by atoms with Crippen molar-refractivity contribution in [3.8, 4) is 0 Å². The molecule has 1 aromatic heterocycles. The van der Waals surface area contributed by atoms with E-state index >= 15 is 0 Å². The zero-order valence-electron chi connectivity index (χ0n) is 11.4. The molecule has 1 aromatic rings. The molecule has 1 fully saturated rings. The van der Waals surface area contributed by atoms with Gasteiger partial charge in [-0.2, -0.15) is 4.31 Å². The number of thiophene rings is 1. The van der Waals surface area contributed by atoms with Crippen LogP contribution in [0.5, 0.6) is 0 Å². The summed E-state index contributed by atoms with van der Waals surface area (Å²) >= 11 is 6.46. The van der Waals surface area contributed by atoms with E-state index < -0.39 is 14.9 Å². The van der Waals surface area contributed by atoms with Gasteiger partial charge in [-0.1, -0.05) is 18.0 Å². The summed E-state index contributed by atoms with van der Waals surface area (Å²) in [5.41, 5.74) is 5.50. The van der Waals surface area contributed by atoms with Crippen molar-refractivity contribution >= 4 is 38.6 Å². The Kier molecular flexibility index (Phi) is 4.89. The van der Waals surface area contributed by atoms with Gasteiger partial charge in [0.25, 0.3) is 15.7 Å². The second-order valence-corrected chi connectivity index (χ2v) is 8.79. The van der Waals surface area contributed by atoms with Crippen LogP contribution in [-0.2, 0) is 10.0 Å². The molecule has 0 bridgehead atoms. The smallest absolute Gasteiger partial charge is 0.300 e. The Morgan fingerprint density at radius 2 is 2.24 bits per heavy atom. The van der Waals surface area contributed by atoms with Crippen molar-refractivity contribution in [2.45, 2.75) is 42.5 Å². The highest BCUT2D eigenvalue weighted by atomic mass is 35.5. The van der Waals surface area contributed by atoms with Crippen LogP contribution in [-0.4, -0.2) is 36.3 Å². The summed E-state index contributed by atoms with van der Waals surface area (Å²) in [6, 6.07) is 0.434. The van der Waals surface area contributed by atoms with Crippen molar-refractivity contribution in [1.29, 1.82) is 0 Å². The van der Waals surface area contributed by atoms with E-state index in [1.165, 1.54) is 4.31 Å². The molecule has 10 heteroatoms. The summed E-state index contributed by atoms with van der Waals surface area (Å²) in [6.07, 6.45) is 2.37. The van der Waals surface area contributed by atoms with Gasteiger partial charge in [0.15, 0.2) is 4.34 Å². The second-order valence-electron chi connectivity index (χ2n) is 5.02. The van der Waals surface area contributed by atoms with E-state index in [-0.39, 0.29) is 26.3 Å². The van der Waals surface area contributed by atoms with Crippen LogP contribution in [0.4, 0.5) is 5.69 Å². The molecule has 2 unspecified atom stereocenters. The number of halogens is 1. The van der Waals surface area contributed by atoms with Gasteiger partial charge in [-0.3, -0.25) is 10.1 Å². The number of piperidine rings is 1. The number of nitro groups is 1. The standard InChI is InChI=1S/C11H16ClN3O4S2/c1-7(13)8-4-2-3-5-14(8)21(18,19)10-6-9(15(16)17)11(12)20-10/h6-8H,2-5,13H2,1H3. The third-order valence-electron chi connectivity index (χ3n) is 3.51. The molecule has 2 atom stereocenters. The third kappa shape index (κ3) is 3.21. The van der Waals surface area contributed by atoms with Crippen LogP contribution in [0.25, 0.3) is 0 Å². The van der Waals surface area contributed by atoms with E-state index in [0.717, 1.165) is 18.9 Å². The van der Waals surface area contributed by atoms with Crippen LogP contribution < -0.4 is 5.73 Å². The molecule has 0 radical (unpaired) electrons. The number of nitrogens with zero attached hydrogens (tertiary/aromatic N) is 2. The molecule has 118 valence electrons. The van der Waals surface area contributed by atoms with E-state index in [0.29, 0.717) is 24.3 Å². The van der Waals surface area contributed by atoms with Crippen LogP contribution in [0.1, 0.15) is 26.2 Å². The normalized spacial score (nSPS) is 22.1. The Balaban J connectivity index is 2.40. The van der Waals surface area contributed by atoms with Crippen LogP contribution in [0.15, 0.2) is 10.3 Å². The average molecular weight is 354 g/mol. The van der Waals surface area contributed by atoms with Crippen molar-refractivity contribution in [1.82, 2.24) is 4.31 Å². The van der Waals surface area contributed by atoms with Crippen molar-refractivity contribution < 1.29 is 13.3 Å². The molecule has 21 heavy (non-hydrogen) atoms. The molecule has 1 saturated heterocycles. The molecule has 0 spiro atoms. The SMILES string of the molecule is CC(N)C1CCCCN1S(=O)(=O)c1cc([N+](=O)[O-])c(Cl)s1. The van der Waals surface area contributed by atoms with Gasteiger partial charge in [-0.05, 0) is 19.8 Å². The lowest BCUT2D eigenvalue weighted by molar-refractivity contribution is -0.384. The van der Waals surface area contributed by atoms with Gasteiger partial charge in [0.1, 0.15) is 4.21 Å². The lowest BCUT2D eigenvalue weighted by Crippen LogP contribution is -2.51. The molecular formula is C11H16ClN3O4S2. The molecule has 1 aliphatic heterocycles. The fraction of sp³-hybridized carbons (Fsp3) is 0.636. The molecule has 1 aliphatic rings. The van der Waals surface area contributed by atoms with Crippen molar-refractivity contribution in [2.24, 2.45) is 5.73 Å². The minimum atomic E-state index is -3.81. The van der Waals surface area contributed by atoms with Gasteiger partial charge in [0, 0.05) is 24.7 Å². The number of nitrogens with two attached hydrogens (primary N) is 1. The minimum absolute atomic E-state index is 0.105. The maximum atomic E-state index is 12.7. The van der Waals surface area contributed by atoms with Gasteiger partial charge in [-0.25, -0.2) is 8.42 Å². The first-order valence-corrected chi connectivity index (χ1v) is 9.09. The first kappa shape index (κ1) is 16.6. The quantitative estimate of drug-likeness (QED) is 0.659. The van der Waals surface area contributed by atoms with Crippen LogP contribution in [0.2, 0.25) is 4.34 Å². The first-order valence-electron chi connectivity index (χ1n) is 6.46. The first-order chi connectivity index (χ1) is 9.75. The van der Waals surface area contributed by atoms with Gasteiger partial charge in [0.2, 0.25) is 0 Å². The Morgan fingerprint density at radius 1 is 1.57 bits per heavy atom. The highest BCUT2D eigenvalue weighted by Crippen LogP contribution is 2.38. The maximum absolute atomic E-state index is 12.7. The van der Waals surface area contributed by atoms with E-state index in [1.807, 2.05) is 0 Å². The number of hydrogen-bond donors (Lipinski definition) is 1. The maximum Gasteiger partial charge on any atom is 0.300 e. The molecule has 2 heterocycles. The fourth-order valence-corrected chi connectivity index (χ4v) is 6.03. The van der Waals surface area contributed by atoms with Crippen molar-refractivity contribution in [2.75, 3.05) is 6.54 Å². The molecule has 0 saturated carbocycles. The molecule has 2 rings (SSSR count). The highest BCUT2D eigenvalue weighted by molar-refractivity contribution is 7.91. The molecule has 7 nitrogen and oxygen atoms in total. The van der Waals surface area contributed by atoms with E-state index in [1.54, 1.807) is 6.92 Å². The Labute approximate surface area is 131 Å². The van der Waals surface area contributed by atoms with Crippen molar-refractivity contribution in [3.63, 3.8) is 0 Å². The number of sulfonamides is 1. The van der Waals surface area contributed by atoms with Crippen LogP contribution in [0.3, 0.4) is 0 Å². The predicted octanol–water partition coefficient (Wildman–Crippen LogP) is 2.20. The zero-order valence-corrected chi connectivity index (χ0v) is 13.7. The summed E-state index contributed by atoms with van der Waals surface area (Å²) in [6.45, 7) is 2.14. The van der Waals surface area contributed by atoms with Crippen LogP contribution in [0, 0.1) is 10.1 Å².